The monoisotopic (exact) mass is 295 g/mol. The number of anilines is 1. The zero-order chi connectivity index (χ0) is 14.7. The fraction of sp³-hybridized carbons (Fsp3) is 0.429. The van der Waals surface area contributed by atoms with Crippen molar-refractivity contribution in [2.45, 2.75) is 26.9 Å². The highest BCUT2D eigenvalue weighted by Crippen LogP contribution is 2.28. The molecular weight excluding hydrogens is 278 g/mol. The molecule has 0 radical (unpaired) electrons. The van der Waals surface area contributed by atoms with Gasteiger partial charge in [-0.15, -0.1) is 0 Å². The summed E-state index contributed by atoms with van der Waals surface area (Å²) < 4.78 is 10.9. The Hall–Kier alpha value is -1.59. The average molecular weight is 296 g/mol. The Kier molecular flexibility index (Phi) is 4.62. The van der Waals surface area contributed by atoms with Gasteiger partial charge in [0.2, 0.25) is 5.82 Å². The summed E-state index contributed by atoms with van der Waals surface area (Å²) in [6, 6.07) is 5.15. The number of benzene rings is 1. The molecule has 0 aliphatic heterocycles. The number of ether oxygens (including phenoxy) is 1. The Morgan fingerprint density at radius 3 is 2.70 bits per heavy atom. The Morgan fingerprint density at radius 1 is 1.35 bits per heavy atom. The minimum atomic E-state index is -0.186. The fourth-order valence-corrected chi connectivity index (χ4v) is 2.19. The van der Waals surface area contributed by atoms with E-state index in [1.54, 1.807) is 18.2 Å². The van der Waals surface area contributed by atoms with Gasteiger partial charge in [-0.2, -0.15) is 4.98 Å². The van der Waals surface area contributed by atoms with Crippen LogP contribution in [0, 0.1) is 5.92 Å². The first-order valence-corrected chi connectivity index (χ1v) is 6.90. The van der Waals surface area contributed by atoms with Crippen molar-refractivity contribution in [2.24, 2.45) is 5.92 Å². The van der Waals surface area contributed by atoms with Crippen LogP contribution in [0.15, 0.2) is 22.7 Å². The predicted molar refractivity (Wildman–Crippen MR) is 78.4 cm³/mol. The molecule has 1 atom stereocenters. The molecule has 108 valence electrons. The molecule has 2 N–H and O–H groups in total. The van der Waals surface area contributed by atoms with E-state index in [1.165, 1.54) is 0 Å². The SMILES string of the molecule is CCOC(c1noc(-c2cc(N)cc(Cl)c2)n1)C(C)C. The van der Waals surface area contributed by atoms with Crippen LogP contribution in [0.2, 0.25) is 5.02 Å². The Morgan fingerprint density at radius 2 is 2.10 bits per heavy atom. The van der Waals surface area contributed by atoms with E-state index >= 15 is 0 Å². The fourth-order valence-electron chi connectivity index (χ4n) is 1.95. The summed E-state index contributed by atoms with van der Waals surface area (Å²) in [6.45, 7) is 6.63. The second kappa shape index (κ2) is 6.24. The molecule has 2 aromatic rings. The lowest BCUT2D eigenvalue weighted by Gasteiger charge is -2.16. The van der Waals surface area contributed by atoms with Crippen molar-refractivity contribution in [1.82, 2.24) is 10.1 Å². The van der Waals surface area contributed by atoms with Crippen LogP contribution in [0.5, 0.6) is 0 Å². The minimum Gasteiger partial charge on any atom is -0.399 e. The van der Waals surface area contributed by atoms with Gasteiger partial charge in [0.1, 0.15) is 6.10 Å². The molecule has 0 fully saturated rings. The van der Waals surface area contributed by atoms with Gasteiger partial charge in [-0.3, -0.25) is 0 Å². The molecular formula is C14H18ClN3O2. The Labute approximate surface area is 123 Å². The molecule has 0 saturated carbocycles. The first kappa shape index (κ1) is 14.8. The summed E-state index contributed by atoms with van der Waals surface area (Å²) in [5.41, 5.74) is 7.02. The predicted octanol–water partition coefficient (Wildman–Crippen LogP) is 3.71. The highest BCUT2D eigenvalue weighted by molar-refractivity contribution is 6.31. The molecule has 5 nitrogen and oxygen atoms in total. The summed E-state index contributed by atoms with van der Waals surface area (Å²) >= 11 is 5.98. The smallest absolute Gasteiger partial charge is 0.258 e. The lowest BCUT2D eigenvalue weighted by molar-refractivity contribution is 0.0217. The third kappa shape index (κ3) is 3.29. The van der Waals surface area contributed by atoms with E-state index in [-0.39, 0.29) is 12.0 Å². The molecule has 1 aromatic carbocycles. The van der Waals surface area contributed by atoms with Crippen LogP contribution >= 0.6 is 11.6 Å². The number of halogens is 1. The maximum Gasteiger partial charge on any atom is 0.258 e. The van der Waals surface area contributed by atoms with E-state index in [4.69, 9.17) is 26.6 Å². The quantitative estimate of drug-likeness (QED) is 0.851. The van der Waals surface area contributed by atoms with E-state index in [0.29, 0.717) is 34.6 Å². The maximum atomic E-state index is 5.98. The van der Waals surface area contributed by atoms with Crippen LogP contribution in [0.1, 0.15) is 32.7 Å². The van der Waals surface area contributed by atoms with Crippen molar-refractivity contribution < 1.29 is 9.26 Å². The maximum absolute atomic E-state index is 5.98. The number of nitrogen functional groups attached to an aromatic ring is 1. The van der Waals surface area contributed by atoms with E-state index < -0.39 is 0 Å². The number of rotatable bonds is 5. The van der Waals surface area contributed by atoms with E-state index in [0.717, 1.165) is 0 Å². The summed E-state index contributed by atoms with van der Waals surface area (Å²) in [5.74, 6) is 1.18. The lowest BCUT2D eigenvalue weighted by Crippen LogP contribution is -2.12. The first-order valence-electron chi connectivity index (χ1n) is 6.53. The van der Waals surface area contributed by atoms with Gasteiger partial charge in [0.05, 0.1) is 0 Å². The standard InChI is InChI=1S/C14H18ClN3O2/c1-4-19-12(8(2)3)13-17-14(20-18-13)9-5-10(15)7-11(16)6-9/h5-8,12H,4,16H2,1-3H3. The van der Waals surface area contributed by atoms with Crippen molar-refractivity contribution in [1.29, 1.82) is 0 Å². The van der Waals surface area contributed by atoms with Crippen LogP contribution < -0.4 is 5.73 Å². The Bertz CT molecular complexity index is 563. The topological polar surface area (TPSA) is 74.2 Å². The van der Waals surface area contributed by atoms with Gasteiger partial charge in [0.15, 0.2) is 0 Å². The zero-order valence-corrected chi connectivity index (χ0v) is 12.5. The summed E-state index contributed by atoms with van der Waals surface area (Å²) in [4.78, 5) is 4.39. The van der Waals surface area contributed by atoms with E-state index in [2.05, 4.69) is 10.1 Å². The molecule has 0 aliphatic rings. The van der Waals surface area contributed by atoms with Crippen molar-refractivity contribution in [2.75, 3.05) is 12.3 Å². The average Bonchev–Trinajstić information content (AvgIpc) is 2.83. The summed E-state index contributed by atoms with van der Waals surface area (Å²) in [5, 5.41) is 4.53. The van der Waals surface area contributed by atoms with Gasteiger partial charge in [-0.1, -0.05) is 30.6 Å². The van der Waals surface area contributed by atoms with Crippen LogP contribution in [-0.4, -0.2) is 16.7 Å². The highest BCUT2D eigenvalue weighted by atomic mass is 35.5. The number of hydrogen-bond donors (Lipinski definition) is 1. The van der Waals surface area contributed by atoms with Gasteiger partial charge in [-0.25, -0.2) is 0 Å². The molecule has 20 heavy (non-hydrogen) atoms. The number of nitrogens with two attached hydrogens (primary N) is 1. The molecule has 0 aliphatic carbocycles. The largest absolute Gasteiger partial charge is 0.399 e. The molecule has 1 aromatic heterocycles. The van der Waals surface area contributed by atoms with Crippen molar-refractivity contribution in [3.05, 3.63) is 29.0 Å². The molecule has 0 saturated heterocycles. The molecule has 6 heteroatoms. The van der Waals surface area contributed by atoms with Gasteiger partial charge in [0, 0.05) is 22.9 Å². The summed E-state index contributed by atoms with van der Waals surface area (Å²) in [7, 11) is 0. The molecule has 0 amide bonds. The lowest BCUT2D eigenvalue weighted by atomic mass is 10.1. The highest BCUT2D eigenvalue weighted by Gasteiger charge is 2.22. The third-order valence-corrected chi connectivity index (χ3v) is 3.03. The van der Waals surface area contributed by atoms with E-state index in [9.17, 15) is 0 Å². The number of nitrogens with zero attached hydrogens (tertiary/aromatic N) is 2. The second-order valence-corrected chi connectivity index (χ2v) is 5.29. The molecule has 0 bridgehead atoms. The summed E-state index contributed by atoms with van der Waals surface area (Å²) in [6.07, 6.45) is -0.186. The molecule has 0 spiro atoms. The van der Waals surface area contributed by atoms with Crippen LogP contribution in [0.3, 0.4) is 0 Å². The van der Waals surface area contributed by atoms with Gasteiger partial charge in [0.25, 0.3) is 5.89 Å². The molecule has 2 rings (SSSR count). The first-order chi connectivity index (χ1) is 9.51. The van der Waals surface area contributed by atoms with Crippen LogP contribution in [0.4, 0.5) is 5.69 Å². The number of hydrogen-bond acceptors (Lipinski definition) is 5. The van der Waals surface area contributed by atoms with Crippen molar-refractivity contribution in [3.8, 4) is 11.5 Å². The van der Waals surface area contributed by atoms with E-state index in [1.807, 2.05) is 20.8 Å². The van der Waals surface area contributed by atoms with Crippen LogP contribution in [-0.2, 0) is 4.74 Å². The van der Waals surface area contributed by atoms with Crippen LogP contribution in [0.25, 0.3) is 11.5 Å². The van der Waals surface area contributed by atoms with Crippen molar-refractivity contribution in [3.63, 3.8) is 0 Å². The van der Waals surface area contributed by atoms with Crippen molar-refractivity contribution >= 4 is 17.3 Å². The normalized spacial score (nSPS) is 12.8. The van der Waals surface area contributed by atoms with Gasteiger partial charge < -0.3 is 15.0 Å². The third-order valence-electron chi connectivity index (χ3n) is 2.82. The van der Waals surface area contributed by atoms with Gasteiger partial charge in [-0.05, 0) is 31.0 Å². The minimum absolute atomic E-state index is 0.186. The van der Waals surface area contributed by atoms with Gasteiger partial charge >= 0.3 is 0 Å². The zero-order valence-electron chi connectivity index (χ0n) is 11.8. The number of aromatic nitrogens is 2. The molecule has 1 unspecified atom stereocenters. The second-order valence-electron chi connectivity index (χ2n) is 4.85. The Balaban J connectivity index is 2.32. The molecule has 1 heterocycles.